The number of hydrogen-bond acceptors (Lipinski definition) is 1. The van der Waals surface area contributed by atoms with Gasteiger partial charge in [-0.15, -0.1) is 0 Å². The lowest BCUT2D eigenvalue weighted by Gasteiger charge is -2.43. The Labute approximate surface area is 274 Å². The fraction of sp³-hybridized carbons (Fsp3) is 0.905. The Hall–Kier alpha value is -0.560. The SMILES string of the molecule is CCCCCCCC/C=C\CCCCCCCCC(C)(CCCCCCCC/C=C\CCCCCCCC)C(C)(C)C.N. The molecule has 0 aromatic carbocycles. The van der Waals surface area contributed by atoms with Gasteiger partial charge < -0.3 is 6.15 Å². The monoisotopic (exact) mass is 604 g/mol. The first-order valence-corrected chi connectivity index (χ1v) is 19.7. The van der Waals surface area contributed by atoms with E-state index in [1.54, 1.807) is 0 Å². The van der Waals surface area contributed by atoms with Gasteiger partial charge in [-0.05, 0) is 75.0 Å². The fourth-order valence-corrected chi connectivity index (χ4v) is 6.40. The van der Waals surface area contributed by atoms with Crippen LogP contribution >= 0.6 is 0 Å². The van der Waals surface area contributed by atoms with Gasteiger partial charge in [-0.25, -0.2) is 0 Å². The van der Waals surface area contributed by atoms with Gasteiger partial charge in [0.2, 0.25) is 0 Å². The van der Waals surface area contributed by atoms with Crippen molar-refractivity contribution in [2.45, 2.75) is 234 Å². The molecule has 0 amide bonds. The van der Waals surface area contributed by atoms with E-state index in [9.17, 15) is 0 Å². The maximum atomic E-state index is 2.60. The predicted molar refractivity (Wildman–Crippen MR) is 201 cm³/mol. The van der Waals surface area contributed by atoms with Gasteiger partial charge in [-0.3, -0.25) is 0 Å². The third-order valence-electron chi connectivity index (χ3n) is 10.3. The minimum Gasteiger partial charge on any atom is -0.344 e. The van der Waals surface area contributed by atoms with Crippen molar-refractivity contribution < 1.29 is 0 Å². The average molecular weight is 604 g/mol. The maximum Gasteiger partial charge on any atom is -0.0277 e. The summed E-state index contributed by atoms with van der Waals surface area (Å²) in [7, 11) is 0. The third kappa shape index (κ3) is 29.9. The quantitative estimate of drug-likeness (QED) is 0.0602. The van der Waals surface area contributed by atoms with Crippen LogP contribution in [0.15, 0.2) is 24.3 Å². The highest BCUT2D eigenvalue weighted by Gasteiger charge is 2.35. The van der Waals surface area contributed by atoms with Crippen molar-refractivity contribution in [2.75, 3.05) is 0 Å². The van der Waals surface area contributed by atoms with E-state index in [-0.39, 0.29) is 6.15 Å². The Morgan fingerprint density at radius 1 is 0.326 bits per heavy atom. The van der Waals surface area contributed by atoms with Crippen molar-refractivity contribution in [2.24, 2.45) is 10.8 Å². The number of hydrogen-bond donors (Lipinski definition) is 1. The summed E-state index contributed by atoms with van der Waals surface area (Å²) in [5, 5.41) is 0. The van der Waals surface area contributed by atoms with Crippen molar-refractivity contribution in [3.05, 3.63) is 24.3 Å². The van der Waals surface area contributed by atoms with Crippen LogP contribution < -0.4 is 6.15 Å². The highest BCUT2D eigenvalue weighted by atomic mass is 14.4. The lowest BCUT2D eigenvalue weighted by molar-refractivity contribution is 0.0776. The lowest BCUT2D eigenvalue weighted by atomic mass is 9.63. The molecule has 0 bridgehead atoms. The van der Waals surface area contributed by atoms with E-state index in [4.69, 9.17) is 0 Å². The van der Waals surface area contributed by atoms with Crippen LogP contribution in [0.4, 0.5) is 0 Å². The Balaban J connectivity index is 0. The smallest absolute Gasteiger partial charge is 0.0277 e. The summed E-state index contributed by atoms with van der Waals surface area (Å²) in [5.74, 6) is 0. The molecule has 0 aromatic rings. The van der Waals surface area contributed by atoms with Gasteiger partial charge in [-0.1, -0.05) is 194 Å². The lowest BCUT2D eigenvalue weighted by Crippen LogP contribution is -2.32. The highest BCUT2D eigenvalue weighted by Crippen LogP contribution is 2.46. The second-order valence-corrected chi connectivity index (χ2v) is 15.2. The van der Waals surface area contributed by atoms with Crippen LogP contribution in [-0.2, 0) is 0 Å². The Bertz CT molecular complexity index is 538. The molecule has 0 aliphatic carbocycles. The molecule has 0 aliphatic heterocycles. The standard InChI is InChI=1S/C42H82.H3N/c1-7-9-11-13-15-17-19-21-23-25-27-29-31-33-35-37-39-42(6,41(3,4)5)40-38-36-34-32-30-28-26-24-22-20-18-16-14-12-10-8-2;/h21-24H,7-20,25-40H2,1-6H3;1H3/b23-21-,24-22-;. The summed E-state index contributed by atoms with van der Waals surface area (Å²) in [6.07, 6.45) is 51.9. The van der Waals surface area contributed by atoms with Gasteiger partial charge >= 0.3 is 0 Å². The number of rotatable bonds is 32. The normalized spacial score (nSPS) is 12.5. The van der Waals surface area contributed by atoms with Crippen LogP contribution in [-0.4, -0.2) is 0 Å². The van der Waals surface area contributed by atoms with Crippen molar-refractivity contribution >= 4 is 0 Å². The first-order valence-electron chi connectivity index (χ1n) is 19.7. The topological polar surface area (TPSA) is 35.0 Å². The average Bonchev–Trinajstić information content (AvgIpc) is 2.96. The van der Waals surface area contributed by atoms with Crippen LogP contribution in [0.1, 0.15) is 234 Å². The fourth-order valence-electron chi connectivity index (χ4n) is 6.40. The molecule has 43 heavy (non-hydrogen) atoms. The van der Waals surface area contributed by atoms with Crippen LogP contribution in [0.25, 0.3) is 0 Å². The zero-order chi connectivity index (χ0) is 31.0. The molecule has 0 rings (SSSR count). The van der Waals surface area contributed by atoms with Gasteiger partial charge in [0, 0.05) is 0 Å². The molecule has 0 aliphatic rings. The first-order chi connectivity index (χ1) is 20.4. The van der Waals surface area contributed by atoms with E-state index >= 15 is 0 Å². The molecule has 0 saturated heterocycles. The molecular weight excluding hydrogens is 518 g/mol. The van der Waals surface area contributed by atoms with Gasteiger partial charge in [0.05, 0.1) is 0 Å². The Morgan fingerprint density at radius 2 is 0.558 bits per heavy atom. The molecular formula is C42H85N. The molecule has 0 fully saturated rings. The van der Waals surface area contributed by atoms with Gasteiger partial charge in [0.15, 0.2) is 0 Å². The van der Waals surface area contributed by atoms with E-state index in [0.717, 1.165) is 0 Å². The van der Waals surface area contributed by atoms with Gasteiger partial charge in [0.25, 0.3) is 0 Å². The van der Waals surface area contributed by atoms with Crippen LogP contribution in [0, 0.1) is 10.8 Å². The van der Waals surface area contributed by atoms with Gasteiger partial charge in [-0.2, -0.15) is 0 Å². The third-order valence-corrected chi connectivity index (χ3v) is 10.3. The first kappa shape index (κ1) is 44.6. The molecule has 258 valence electrons. The maximum absolute atomic E-state index is 2.60. The number of unbranched alkanes of at least 4 members (excludes halogenated alkanes) is 24. The predicted octanol–water partition coefficient (Wildman–Crippen LogP) is 16.1. The second-order valence-electron chi connectivity index (χ2n) is 15.2. The summed E-state index contributed by atoms with van der Waals surface area (Å²) in [4.78, 5) is 0. The largest absolute Gasteiger partial charge is 0.344 e. The molecule has 0 atom stereocenters. The molecule has 1 heteroatoms. The Kier molecular flexibility index (Phi) is 34.0. The second kappa shape index (κ2) is 32.8. The van der Waals surface area contributed by atoms with E-state index in [1.807, 2.05) is 0 Å². The zero-order valence-electron chi connectivity index (χ0n) is 31.2. The van der Waals surface area contributed by atoms with Crippen molar-refractivity contribution in [1.29, 1.82) is 0 Å². The molecule has 0 aromatic heterocycles. The molecule has 0 radical (unpaired) electrons. The molecule has 0 spiro atoms. The summed E-state index contributed by atoms with van der Waals surface area (Å²) < 4.78 is 0. The van der Waals surface area contributed by atoms with Crippen molar-refractivity contribution in [3.8, 4) is 0 Å². The van der Waals surface area contributed by atoms with Gasteiger partial charge in [0.1, 0.15) is 0 Å². The molecule has 0 heterocycles. The highest BCUT2D eigenvalue weighted by molar-refractivity contribution is 4.86. The van der Waals surface area contributed by atoms with E-state index in [0.29, 0.717) is 10.8 Å². The minimum atomic E-state index is 0. The van der Waals surface area contributed by atoms with Crippen LogP contribution in [0.2, 0.25) is 0 Å². The van der Waals surface area contributed by atoms with Crippen LogP contribution in [0.5, 0.6) is 0 Å². The Morgan fingerprint density at radius 3 is 0.814 bits per heavy atom. The van der Waals surface area contributed by atoms with Crippen molar-refractivity contribution in [3.63, 3.8) is 0 Å². The summed E-state index contributed by atoms with van der Waals surface area (Å²) >= 11 is 0. The van der Waals surface area contributed by atoms with Crippen molar-refractivity contribution in [1.82, 2.24) is 6.15 Å². The van der Waals surface area contributed by atoms with E-state index in [2.05, 4.69) is 65.8 Å². The van der Waals surface area contributed by atoms with Crippen LogP contribution in [0.3, 0.4) is 0 Å². The summed E-state index contributed by atoms with van der Waals surface area (Å²) in [6.45, 7) is 14.7. The van der Waals surface area contributed by atoms with E-state index in [1.165, 1.54) is 193 Å². The summed E-state index contributed by atoms with van der Waals surface area (Å²) in [6, 6.07) is 0. The molecule has 0 saturated carbocycles. The van der Waals surface area contributed by atoms with E-state index < -0.39 is 0 Å². The summed E-state index contributed by atoms with van der Waals surface area (Å²) in [5.41, 5.74) is 0.908. The minimum absolute atomic E-state index is 0. The molecule has 1 nitrogen and oxygen atoms in total. The molecule has 3 N–H and O–H groups in total. The molecule has 0 unspecified atom stereocenters. The number of allylic oxidation sites excluding steroid dienone is 4. The zero-order valence-corrected chi connectivity index (χ0v) is 31.2.